The summed E-state index contributed by atoms with van der Waals surface area (Å²) >= 11 is 0. The number of benzene rings is 1. The average Bonchev–Trinajstić information content (AvgIpc) is 2.52. The van der Waals surface area contributed by atoms with Gasteiger partial charge in [0.1, 0.15) is 11.0 Å². The second kappa shape index (κ2) is 11.5. The second-order valence-corrected chi connectivity index (χ2v) is 8.68. The van der Waals surface area contributed by atoms with Crippen LogP contribution in [-0.4, -0.2) is 21.8 Å². The highest BCUT2D eigenvalue weighted by molar-refractivity contribution is 7.85. The molecule has 0 aromatic heterocycles. The molecule has 4 heteroatoms. The maximum Gasteiger partial charge on any atom is 0.144 e. The molecule has 1 unspecified atom stereocenters. The fourth-order valence-corrected chi connectivity index (χ4v) is 2.57. The van der Waals surface area contributed by atoms with Crippen molar-refractivity contribution in [3.05, 3.63) is 35.9 Å². The lowest BCUT2D eigenvalue weighted by Gasteiger charge is -2.12. The predicted octanol–water partition coefficient (Wildman–Crippen LogP) is 5.08. The Labute approximate surface area is 144 Å². The molecule has 0 radical (unpaired) electrons. The largest absolute Gasteiger partial charge is 0.377 e. The predicted molar refractivity (Wildman–Crippen MR) is 100 cm³/mol. The normalized spacial score (nSPS) is 13.5. The van der Waals surface area contributed by atoms with E-state index in [2.05, 4.69) is 16.5 Å². The van der Waals surface area contributed by atoms with Crippen LogP contribution in [0.1, 0.15) is 64.9 Å². The van der Waals surface area contributed by atoms with Crippen LogP contribution in [0.5, 0.6) is 0 Å². The Balaban J connectivity index is 1.90. The molecule has 0 heterocycles. The Hall–Kier alpha value is -1.00. The van der Waals surface area contributed by atoms with Crippen molar-refractivity contribution in [3.63, 3.8) is 0 Å². The van der Waals surface area contributed by atoms with Crippen molar-refractivity contribution in [1.29, 1.82) is 0 Å². The van der Waals surface area contributed by atoms with Gasteiger partial charge in [-0.3, -0.25) is 0 Å². The third-order valence-corrected chi connectivity index (χ3v) is 4.82. The number of ether oxygens (including phenoxy) is 1. The van der Waals surface area contributed by atoms with Gasteiger partial charge in [-0.05, 0) is 45.6 Å². The van der Waals surface area contributed by atoms with E-state index in [-0.39, 0.29) is 4.75 Å². The summed E-state index contributed by atoms with van der Waals surface area (Å²) in [6.07, 6.45) is 8.62. The zero-order chi connectivity index (χ0) is 17.0. The van der Waals surface area contributed by atoms with Gasteiger partial charge in [0.25, 0.3) is 0 Å². The van der Waals surface area contributed by atoms with Crippen LogP contribution in [0.25, 0.3) is 0 Å². The first-order chi connectivity index (χ1) is 11.0. The molecule has 1 rings (SSSR count). The highest BCUT2D eigenvalue weighted by Crippen LogP contribution is 2.12. The number of unbranched alkanes of at least 4 members (excludes halogenated alkanes) is 5. The van der Waals surface area contributed by atoms with Gasteiger partial charge in [-0.1, -0.05) is 49.6 Å². The fourth-order valence-electron chi connectivity index (χ4n) is 2.01. The molecule has 0 fully saturated rings. The van der Waals surface area contributed by atoms with E-state index in [1.165, 1.54) is 24.8 Å². The molecule has 0 aliphatic carbocycles. The number of hydrogen-bond donors (Lipinski definition) is 0. The van der Waals surface area contributed by atoms with Crippen molar-refractivity contribution in [2.45, 2.75) is 70.7 Å². The summed E-state index contributed by atoms with van der Waals surface area (Å²) in [5.74, 6) is 0. The van der Waals surface area contributed by atoms with Gasteiger partial charge in [0.15, 0.2) is 0 Å². The van der Waals surface area contributed by atoms with Gasteiger partial charge in [0.05, 0.1) is 11.4 Å². The van der Waals surface area contributed by atoms with Crippen molar-refractivity contribution in [2.75, 3.05) is 6.61 Å². The molecule has 0 saturated heterocycles. The molecule has 3 nitrogen and oxygen atoms in total. The molecule has 0 aliphatic rings. The number of hydrogen-bond acceptors (Lipinski definition) is 2. The van der Waals surface area contributed by atoms with Crippen LogP contribution >= 0.6 is 0 Å². The van der Waals surface area contributed by atoms with Gasteiger partial charge in [-0.15, -0.1) is 0 Å². The molecule has 1 aromatic carbocycles. The van der Waals surface area contributed by atoms with E-state index in [0.29, 0.717) is 6.61 Å². The first-order valence-corrected chi connectivity index (χ1v) is 9.67. The molecule has 0 spiro atoms. The molecule has 0 bridgehead atoms. The van der Waals surface area contributed by atoms with Crippen molar-refractivity contribution in [1.82, 2.24) is 0 Å². The molecule has 0 N–H and O–H groups in total. The molecule has 23 heavy (non-hydrogen) atoms. The van der Waals surface area contributed by atoms with Crippen molar-refractivity contribution in [3.8, 4) is 0 Å². The molecule has 1 atom stereocenters. The Morgan fingerprint density at radius 1 is 1.04 bits per heavy atom. The number of rotatable bonds is 11. The SMILES string of the molecule is CC(C)(C)S(=O)/N=C/CCCCCCCOCc1ccccc1. The summed E-state index contributed by atoms with van der Waals surface area (Å²) in [4.78, 5) is 0. The van der Waals surface area contributed by atoms with E-state index in [1.807, 2.05) is 45.2 Å². The van der Waals surface area contributed by atoms with Crippen LogP contribution in [0.4, 0.5) is 0 Å². The Morgan fingerprint density at radius 2 is 1.70 bits per heavy atom. The molecule has 1 aromatic rings. The van der Waals surface area contributed by atoms with Crippen LogP contribution in [0, 0.1) is 0 Å². The van der Waals surface area contributed by atoms with E-state index in [9.17, 15) is 4.21 Å². The average molecular weight is 338 g/mol. The van der Waals surface area contributed by atoms with E-state index < -0.39 is 11.0 Å². The third-order valence-electron chi connectivity index (χ3n) is 3.43. The van der Waals surface area contributed by atoms with Crippen LogP contribution in [0.2, 0.25) is 0 Å². The van der Waals surface area contributed by atoms with Gasteiger partial charge < -0.3 is 4.74 Å². The van der Waals surface area contributed by atoms with Crippen molar-refractivity contribution < 1.29 is 8.95 Å². The first-order valence-electron chi connectivity index (χ1n) is 8.56. The summed E-state index contributed by atoms with van der Waals surface area (Å²) in [6, 6.07) is 10.3. The Kier molecular flexibility index (Phi) is 10.0. The number of nitrogens with zero attached hydrogens (tertiary/aromatic N) is 1. The van der Waals surface area contributed by atoms with E-state index in [0.717, 1.165) is 25.9 Å². The fraction of sp³-hybridized carbons (Fsp3) is 0.632. The van der Waals surface area contributed by atoms with Crippen LogP contribution < -0.4 is 0 Å². The highest BCUT2D eigenvalue weighted by Gasteiger charge is 2.17. The van der Waals surface area contributed by atoms with E-state index in [4.69, 9.17) is 4.74 Å². The summed E-state index contributed by atoms with van der Waals surface area (Å²) in [5, 5.41) is 0. The molecular formula is C19H31NO2S. The lowest BCUT2D eigenvalue weighted by atomic mass is 10.1. The van der Waals surface area contributed by atoms with Gasteiger partial charge >= 0.3 is 0 Å². The molecule has 130 valence electrons. The third kappa shape index (κ3) is 10.4. The minimum absolute atomic E-state index is 0.254. The van der Waals surface area contributed by atoms with Gasteiger partial charge in [0.2, 0.25) is 0 Å². The molecule has 0 saturated carbocycles. The monoisotopic (exact) mass is 337 g/mol. The highest BCUT2D eigenvalue weighted by atomic mass is 32.2. The van der Waals surface area contributed by atoms with Gasteiger partial charge in [-0.2, -0.15) is 4.40 Å². The van der Waals surface area contributed by atoms with E-state index >= 15 is 0 Å². The minimum atomic E-state index is -1.11. The lowest BCUT2D eigenvalue weighted by molar-refractivity contribution is 0.116. The summed E-state index contributed by atoms with van der Waals surface area (Å²) in [6.45, 7) is 7.38. The summed E-state index contributed by atoms with van der Waals surface area (Å²) in [7, 11) is -1.11. The van der Waals surface area contributed by atoms with E-state index in [1.54, 1.807) is 0 Å². The van der Waals surface area contributed by atoms with Crippen LogP contribution in [0.3, 0.4) is 0 Å². The van der Waals surface area contributed by atoms with Crippen LogP contribution in [0.15, 0.2) is 34.7 Å². The zero-order valence-electron chi connectivity index (χ0n) is 14.8. The first kappa shape index (κ1) is 20.0. The minimum Gasteiger partial charge on any atom is -0.377 e. The Bertz CT molecular complexity index is 466. The smallest absolute Gasteiger partial charge is 0.144 e. The van der Waals surface area contributed by atoms with Crippen molar-refractivity contribution in [2.24, 2.45) is 4.40 Å². The topological polar surface area (TPSA) is 38.7 Å². The van der Waals surface area contributed by atoms with Crippen molar-refractivity contribution >= 4 is 17.2 Å². The summed E-state index contributed by atoms with van der Waals surface area (Å²) < 4.78 is 21.2. The van der Waals surface area contributed by atoms with Crippen LogP contribution in [-0.2, 0) is 22.3 Å². The molecular weight excluding hydrogens is 306 g/mol. The lowest BCUT2D eigenvalue weighted by Crippen LogP contribution is -2.19. The second-order valence-electron chi connectivity index (χ2n) is 6.74. The quantitative estimate of drug-likeness (QED) is 0.417. The zero-order valence-corrected chi connectivity index (χ0v) is 15.6. The standard InChI is InChI=1S/C19H31NO2S/c1-19(2,3)23(21)20-15-11-6-4-5-7-12-16-22-17-18-13-9-8-10-14-18/h8-10,13-15H,4-7,11-12,16-17H2,1-3H3/b20-15+. The molecule has 0 amide bonds. The summed E-state index contributed by atoms with van der Waals surface area (Å²) in [5.41, 5.74) is 1.24. The molecule has 0 aliphatic heterocycles. The van der Waals surface area contributed by atoms with Gasteiger partial charge in [-0.25, -0.2) is 4.21 Å². The Morgan fingerprint density at radius 3 is 2.39 bits per heavy atom. The maximum atomic E-state index is 11.7. The van der Waals surface area contributed by atoms with Gasteiger partial charge in [0, 0.05) is 12.8 Å². The maximum absolute atomic E-state index is 11.7.